The van der Waals surface area contributed by atoms with E-state index in [1.54, 1.807) is 11.5 Å². The molecule has 3 aromatic carbocycles. The molecule has 0 bridgehead atoms. The van der Waals surface area contributed by atoms with E-state index in [4.69, 9.17) is 15.5 Å². The van der Waals surface area contributed by atoms with E-state index in [0.717, 1.165) is 27.8 Å². The first-order valence-corrected chi connectivity index (χ1v) is 17.1. The van der Waals surface area contributed by atoms with Crippen LogP contribution in [0.3, 0.4) is 0 Å². The van der Waals surface area contributed by atoms with Gasteiger partial charge >= 0.3 is 15.2 Å². The van der Waals surface area contributed by atoms with E-state index in [-0.39, 0.29) is 36.9 Å². The van der Waals surface area contributed by atoms with E-state index in [1.165, 1.54) is 6.20 Å². The molecule has 1 aromatic heterocycles. The highest BCUT2D eigenvalue weighted by molar-refractivity contribution is 7.52. The second-order valence-corrected chi connectivity index (χ2v) is 14.1. The average Bonchev–Trinajstić information content (AvgIpc) is 3.26. The van der Waals surface area contributed by atoms with Crippen molar-refractivity contribution in [2.45, 2.75) is 38.4 Å². The monoisotopic (exact) mass is 624 g/mol. The van der Waals surface area contributed by atoms with Gasteiger partial charge in [-0.3, -0.25) is 18.7 Å². The Morgan fingerprint density at radius 2 is 1.35 bits per heavy atom. The van der Waals surface area contributed by atoms with Gasteiger partial charge in [-0.25, -0.2) is 0 Å². The molecule has 0 radical (unpaired) electrons. The van der Waals surface area contributed by atoms with Gasteiger partial charge in [0.25, 0.3) is 11.7 Å². The lowest BCUT2D eigenvalue weighted by molar-refractivity contribution is -0.114. The van der Waals surface area contributed by atoms with E-state index in [0.29, 0.717) is 5.69 Å². The SMILES string of the molecule is Cc1c(C(=O)C(N)=O)c(C(CCCCP(=O)(O)O)P(=O)(O)O)cn1Cc1cc(-c2ccccc2)cc(-c2ccccc2)c1. The number of Topliss-reactive ketones (excluding diaryl/α,β-unsaturated/α-hetero) is 1. The van der Waals surface area contributed by atoms with Crippen LogP contribution >= 0.6 is 15.2 Å². The fourth-order valence-corrected chi connectivity index (χ4v) is 6.96. The Labute approximate surface area is 249 Å². The number of benzene rings is 3. The van der Waals surface area contributed by atoms with Gasteiger partial charge in [-0.05, 0) is 71.3 Å². The quantitative estimate of drug-likeness (QED) is 0.0566. The summed E-state index contributed by atoms with van der Waals surface area (Å²) in [6.07, 6.45) is 0.975. The molecule has 43 heavy (non-hydrogen) atoms. The summed E-state index contributed by atoms with van der Waals surface area (Å²) in [6.45, 7) is 1.81. The Hall–Kier alpha value is -3.62. The number of primary amides is 1. The lowest BCUT2D eigenvalue weighted by Gasteiger charge is -2.19. The summed E-state index contributed by atoms with van der Waals surface area (Å²) in [5.41, 5.74) is 8.73. The minimum atomic E-state index is -4.87. The molecule has 1 amide bonds. The summed E-state index contributed by atoms with van der Waals surface area (Å²) in [6, 6.07) is 25.7. The van der Waals surface area contributed by atoms with Gasteiger partial charge in [0.2, 0.25) is 0 Å². The van der Waals surface area contributed by atoms with Gasteiger partial charge in [-0.15, -0.1) is 0 Å². The summed E-state index contributed by atoms with van der Waals surface area (Å²) in [5, 5.41) is 0. The van der Waals surface area contributed by atoms with Crippen molar-refractivity contribution in [3.05, 3.63) is 107 Å². The second-order valence-electron chi connectivity index (χ2n) is 10.5. The Balaban J connectivity index is 1.79. The maximum absolute atomic E-state index is 13.0. The lowest BCUT2D eigenvalue weighted by atomic mass is 9.96. The molecular formula is C31H34N2O8P2. The van der Waals surface area contributed by atoms with Crippen molar-refractivity contribution >= 4 is 26.9 Å². The maximum Gasteiger partial charge on any atom is 0.333 e. The third kappa shape index (κ3) is 8.27. The van der Waals surface area contributed by atoms with Crippen molar-refractivity contribution in [3.63, 3.8) is 0 Å². The van der Waals surface area contributed by atoms with Gasteiger partial charge in [-0.1, -0.05) is 67.1 Å². The standard InChI is InChI=1S/C31H34N2O8P2/c1-21-29(30(34)31(32)35)27(28(43(39,40)41)14-8-9-15-42(36,37)38)20-33(21)19-22-16-25(23-10-4-2-5-11-23)18-26(17-22)24-12-6-3-7-13-24/h2-7,10-13,16-18,20,28H,8-9,14-15,19H2,1H3,(H2,32,35)(H2,36,37,38)(H2,39,40,41). The van der Waals surface area contributed by atoms with Crippen LogP contribution in [-0.4, -0.2) is 42.0 Å². The van der Waals surface area contributed by atoms with Crippen LogP contribution in [0.2, 0.25) is 0 Å². The van der Waals surface area contributed by atoms with Crippen molar-refractivity contribution < 1.29 is 38.3 Å². The van der Waals surface area contributed by atoms with Gasteiger partial charge in [0.1, 0.15) is 0 Å². The number of unbranched alkanes of at least 4 members (excludes halogenated alkanes) is 1. The molecule has 12 heteroatoms. The molecular weight excluding hydrogens is 590 g/mol. The molecule has 0 saturated carbocycles. The van der Waals surface area contributed by atoms with Crippen LogP contribution in [0, 0.1) is 6.92 Å². The molecule has 10 nitrogen and oxygen atoms in total. The fourth-order valence-electron chi connectivity index (χ4n) is 5.25. The molecule has 0 aliphatic rings. The Morgan fingerprint density at radius 3 is 1.81 bits per heavy atom. The highest BCUT2D eigenvalue weighted by Crippen LogP contribution is 2.56. The zero-order chi connectivity index (χ0) is 31.4. The van der Waals surface area contributed by atoms with Crippen LogP contribution < -0.4 is 5.73 Å². The van der Waals surface area contributed by atoms with Crippen molar-refractivity contribution in [3.8, 4) is 22.3 Å². The van der Waals surface area contributed by atoms with Crippen LogP contribution in [-0.2, 0) is 20.5 Å². The summed E-state index contributed by atoms with van der Waals surface area (Å²) in [4.78, 5) is 63.8. The number of nitrogens with two attached hydrogens (primary N) is 1. The van der Waals surface area contributed by atoms with Gasteiger partial charge < -0.3 is 29.9 Å². The zero-order valence-corrected chi connectivity index (χ0v) is 25.3. The topological polar surface area (TPSA) is 180 Å². The Kier molecular flexibility index (Phi) is 10.0. The normalized spacial score (nSPS) is 12.7. The van der Waals surface area contributed by atoms with Gasteiger partial charge in [0.15, 0.2) is 0 Å². The molecule has 0 spiro atoms. The first-order valence-electron chi connectivity index (χ1n) is 13.6. The summed E-state index contributed by atoms with van der Waals surface area (Å²) in [5.74, 6) is -2.33. The van der Waals surface area contributed by atoms with Crippen molar-refractivity contribution in [1.29, 1.82) is 0 Å². The molecule has 4 rings (SSSR count). The number of amides is 1. The summed E-state index contributed by atoms with van der Waals surface area (Å²) >= 11 is 0. The number of aromatic nitrogens is 1. The molecule has 0 saturated heterocycles. The van der Waals surface area contributed by atoms with Crippen LogP contribution in [0.5, 0.6) is 0 Å². The number of hydrogen-bond acceptors (Lipinski definition) is 4. The summed E-state index contributed by atoms with van der Waals surface area (Å²) < 4.78 is 25.6. The number of hydrogen-bond donors (Lipinski definition) is 5. The Bertz CT molecular complexity index is 1650. The maximum atomic E-state index is 13.0. The van der Waals surface area contributed by atoms with Crippen LogP contribution in [0.4, 0.5) is 0 Å². The molecule has 0 fully saturated rings. The van der Waals surface area contributed by atoms with Gasteiger partial charge in [0.05, 0.1) is 11.2 Å². The third-order valence-electron chi connectivity index (χ3n) is 7.33. The van der Waals surface area contributed by atoms with E-state index in [2.05, 4.69) is 6.07 Å². The molecule has 6 N–H and O–H groups in total. The van der Waals surface area contributed by atoms with Crippen LogP contribution in [0.1, 0.15) is 52.1 Å². The molecule has 1 heterocycles. The number of rotatable bonds is 13. The zero-order valence-electron chi connectivity index (χ0n) is 23.5. The number of ketones is 1. The minimum Gasteiger partial charge on any atom is -0.363 e. The summed E-state index contributed by atoms with van der Waals surface area (Å²) in [7, 11) is -9.16. The molecule has 0 aliphatic heterocycles. The molecule has 1 atom stereocenters. The largest absolute Gasteiger partial charge is 0.363 e. The fraction of sp³-hybridized carbons (Fsp3) is 0.226. The Morgan fingerprint density at radius 1 is 0.814 bits per heavy atom. The molecule has 4 aromatic rings. The lowest BCUT2D eigenvalue weighted by Crippen LogP contribution is -2.25. The number of carbonyl (C=O) groups is 2. The minimum absolute atomic E-state index is 0.0201. The third-order valence-corrected chi connectivity index (χ3v) is 9.58. The van der Waals surface area contributed by atoms with E-state index < -0.39 is 38.7 Å². The van der Waals surface area contributed by atoms with E-state index >= 15 is 0 Å². The highest BCUT2D eigenvalue weighted by Gasteiger charge is 2.36. The second kappa shape index (κ2) is 13.3. The number of nitrogens with zero attached hydrogens (tertiary/aromatic N) is 1. The highest BCUT2D eigenvalue weighted by atomic mass is 31.2. The first kappa shape index (κ1) is 32.3. The predicted molar refractivity (Wildman–Crippen MR) is 165 cm³/mol. The first-order chi connectivity index (χ1) is 20.2. The van der Waals surface area contributed by atoms with Crippen LogP contribution in [0.25, 0.3) is 22.3 Å². The van der Waals surface area contributed by atoms with Crippen LogP contribution in [0.15, 0.2) is 85.1 Å². The molecule has 0 aliphatic carbocycles. The number of carbonyl (C=O) groups excluding carboxylic acids is 2. The predicted octanol–water partition coefficient (Wildman–Crippen LogP) is 5.41. The van der Waals surface area contributed by atoms with Gasteiger partial charge in [0, 0.05) is 24.6 Å². The van der Waals surface area contributed by atoms with Crippen molar-refractivity contribution in [2.75, 3.05) is 6.16 Å². The molecule has 1 unspecified atom stereocenters. The average molecular weight is 625 g/mol. The van der Waals surface area contributed by atoms with Crippen molar-refractivity contribution in [2.24, 2.45) is 5.73 Å². The molecule has 226 valence electrons. The smallest absolute Gasteiger partial charge is 0.333 e. The van der Waals surface area contributed by atoms with Gasteiger partial charge in [-0.2, -0.15) is 0 Å². The van der Waals surface area contributed by atoms with E-state index in [9.17, 15) is 28.5 Å². The van der Waals surface area contributed by atoms with Crippen molar-refractivity contribution in [1.82, 2.24) is 4.57 Å². The van der Waals surface area contributed by atoms with E-state index in [1.807, 2.05) is 72.8 Å².